The monoisotopic (exact) mass is 448 g/mol. The Labute approximate surface area is 192 Å². The summed E-state index contributed by atoms with van der Waals surface area (Å²) in [6, 6.07) is 21.2. The lowest BCUT2D eigenvalue weighted by Crippen LogP contribution is -2.26. The van der Waals surface area contributed by atoms with Gasteiger partial charge in [0.1, 0.15) is 0 Å². The van der Waals surface area contributed by atoms with Crippen molar-refractivity contribution in [1.29, 1.82) is 0 Å². The molecule has 4 aromatic rings. The molecule has 0 unspecified atom stereocenters. The normalized spacial score (nSPS) is 11.0. The number of hydrogen-bond donors (Lipinski definition) is 1. The van der Waals surface area contributed by atoms with Crippen LogP contribution in [0.2, 0.25) is 10.0 Å². The van der Waals surface area contributed by atoms with Crippen LogP contribution in [-0.2, 0) is 6.42 Å². The van der Waals surface area contributed by atoms with Gasteiger partial charge in [0.15, 0.2) is 0 Å². The molecule has 3 aromatic carbocycles. The van der Waals surface area contributed by atoms with Crippen LogP contribution in [0.1, 0.15) is 27.0 Å². The van der Waals surface area contributed by atoms with E-state index in [9.17, 15) is 4.79 Å². The summed E-state index contributed by atoms with van der Waals surface area (Å²) in [5.41, 5.74) is 6.55. The van der Waals surface area contributed by atoms with Crippen molar-refractivity contribution >= 4 is 40.0 Å². The van der Waals surface area contributed by atoms with Crippen molar-refractivity contribution < 1.29 is 4.79 Å². The van der Waals surface area contributed by atoms with Crippen LogP contribution in [0, 0.1) is 13.8 Å². The van der Waals surface area contributed by atoms with Crippen LogP contribution in [0.4, 0.5) is 0 Å². The summed E-state index contributed by atoms with van der Waals surface area (Å²) in [6.45, 7) is 4.63. The zero-order valence-corrected chi connectivity index (χ0v) is 18.9. The number of halogens is 2. The molecule has 0 aliphatic carbocycles. The van der Waals surface area contributed by atoms with Gasteiger partial charge in [-0.2, -0.15) is 0 Å². The summed E-state index contributed by atoms with van der Waals surface area (Å²) in [4.78, 5) is 17.9. The van der Waals surface area contributed by atoms with Gasteiger partial charge in [-0.1, -0.05) is 59.6 Å². The van der Waals surface area contributed by atoms with Gasteiger partial charge in [-0.15, -0.1) is 0 Å². The van der Waals surface area contributed by atoms with E-state index in [1.165, 1.54) is 11.1 Å². The number of aryl methyl sites for hydroxylation is 2. The molecule has 0 bridgehead atoms. The van der Waals surface area contributed by atoms with Crippen molar-refractivity contribution in [2.45, 2.75) is 20.3 Å². The molecule has 4 rings (SSSR count). The number of pyridine rings is 1. The van der Waals surface area contributed by atoms with Gasteiger partial charge in [0, 0.05) is 27.5 Å². The second-order valence-corrected chi connectivity index (χ2v) is 8.46. The Morgan fingerprint density at radius 1 is 0.935 bits per heavy atom. The van der Waals surface area contributed by atoms with Crippen LogP contribution < -0.4 is 5.32 Å². The van der Waals surface area contributed by atoms with Crippen molar-refractivity contribution in [3.63, 3.8) is 0 Å². The number of rotatable bonds is 5. The van der Waals surface area contributed by atoms with E-state index >= 15 is 0 Å². The maximum absolute atomic E-state index is 13.1. The molecular formula is C26H22Cl2N2O. The molecule has 0 fully saturated rings. The van der Waals surface area contributed by atoms with Crippen LogP contribution in [0.3, 0.4) is 0 Å². The van der Waals surface area contributed by atoms with Crippen molar-refractivity contribution in [3.05, 3.63) is 99.0 Å². The first-order valence-electron chi connectivity index (χ1n) is 10.1. The predicted molar refractivity (Wildman–Crippen MR) is 129 cm³/mol. The Kier molecular flexibility index (Phi) is 6.26. The Balaban J connectivity index is 1.62. The van der Waals surface area contributed by atoms with E-state index in [0.29, 0.717) is 28.6 Å². The lowest BCUT2D eigenvalue weighted by Gasteiger charge is -2.12. The highest BCUT2D eigenvalue weighted by Gasteiger charge is 2.14. The number of carbonyl (C=O) groups excluding carboxylic acids is 1. The molecule has 0 aliphatic heterocycles. The number of benzene rings is 3. The average Bonchev–Trinajstić information content (AvgIpc) is 2.76. The van der Waals surface area contributed by atoms with Gasteiger partial charge >= 0.3 is 0 Å². The standard InChI is InChI=1S/C26H22Cl2N2O/c1-16-7-8-19(13-17(16)2)25-15-22(21-5-3-4-6-24(21)30-25)26(31)29-12-11-18-9-10-20(27)14-23(18)28/h3-10,13-15H,11-12H2,1-2H3,(H,29,31). The molecule has 0 saturated carbocycles. The number of para-hydroxylation sites is 1. The van der Waals surface area contributed by atoms with Crippen LogP contribution in [0.25, 0.3) is 22.2 Å². The molecule has 1 amide bonds. The van der Waals surface area contributed by atoms with E-state index in [2.05, 4.69) is 31.3 Å². The van der Waals surface area contributed by atoms with Gasteiger partial charge in [0.2, 0.25) is 0 Å². The third-order valence-electron chi connectivity index (χ3n) is 5.46. The summed E-state index contributed by atoms with van der Waals surface area (Å²) in [7, 11) is 0. The van der Waals surface area contributed by atoms with Gasteiger partial charge in [0.25, 0.3) is 5.91 Å². The van der Waals surface area contributed by atoms with Gasteiger partial charge in [-0.05, 0) is 67.3 Å². The largest absolute Gasteiger partial charge is 0.352 e. The van der Waals surface area contributed by atoms with Gasteiger partial charge in [0.05, 0.1) is 16.8 Å². The van der Waals surface area contributed by atoms with Crippen LogP contribution in [0.15, 0.2) is 66.7 Å². The number of nitrogens with zero attached hydrogens (tertiary/aromatic N) is 1. The first-order chi connectivity index (χ1) is 14.9. The first kappa shape index (κ1) is 21.4. The van der Waals surface area contributed by atoms with Crippen molar-refractivity contribution in [2.75, 3.05) is 6.54 Å². The molecule has 3 nitrogen and oxygen atoms in total. The second kappa shape index (κ2) is 9.09. The quantitative estimate of drug-likeness (QED) is 0.364. The summed E-state index contributed by atoms with van der Waals surface area (Å²) in [5.74, 6) is -0.131. The zero-order valence-electron chi connectivity index (χ0n) is 17.4. The Morgan fingerprint density at radius 3 is 2.52 bits per heavy atom. The molecule has 31 heavy (non-hydrogen) atoms. The van der Waals surface area contributed by atoms with Crippen molar-refractivity contribution in [3.8, 4) is 11.3 Å². The zero-order chi connectivity index (χ0) is 22.0. The highest BCUT2D eigenvalue weighted by molar-refractivity contribution is 6.35. The lowest BCUT2D eigenvalue weighted by molar-refractivity contribution is 0.0955. The SMILES string of the molecule is Cc1ccc(-c2cc(C(=O)NCCc3ccc(Cl)cc3Cl)c3ccccc3n2)cc1C. The number of hydrogen-bond acceptors (Lipinski definition) is 2. The fourth-order valence-electron chi connectivity index (χ4n) is 3.54. The van der Waals surface area contributed by atoms with E-state index in [0.717, 1.165) is 27.7 Å². The molecule has 0 aliphatic rings. The number of amides is 1. The topological polar surface area (TPSA) is 42.0 Å². The maximum atomic E-state index is 13.1. The Morgan fingerprint density at radius 2 is 1.74 bits per heavy atom. The highest BCUT2D eigenvalue weighted by Crippen LogP contribution is 2.26. The molecule has 0 saturated heterocycles. The van der Waals surface area contributed by atoms with E-state index in [1.807, 2.05) is 42.5 Å². The fraction of sp³-hybridized carbons (Fsp3) is 0.154. The predicted octanol–water partition coefficient (Wildman–Crippen LogP) is 6.80. The molecule has 5 heteroatoms. The van der Waals surface area contributed by atoms with E-state index in [1.54, 1.807) is 12.1 Å². The number of fused-ring (bicyclic) bond motifs is 1. The fourth-order valence-corrected chi connectivity index (χ4v) is 4.05. The Bertz CT molecular complexity index is 1280. The maximum Gasteiger partial charge on any atom is 0.252 e. The van der Waals surface area contributed by atoms with E-state index < -0.39 is 0 Å². The number of aromatic nitrogens is 1. The van der Waals surface area contributed by atoms with Crippen LogP contribution in [0.5, 0.6) is 0 Å². The minimum Gasteiger partial charge on any atom is -0.352 e. The average molecular weight is 449 g/mol. The molecule has 156 valence electrons. The molecule has 0 spiro atoms. The van der Waals surface area contributed by atoms with E-state index in [4.69, 9.17) is 28.2 Å². The molecule has 1 heterocycles. The Hall–Kier alpha value is -2.88. The second-order valence-electron chi connectivity index (χ2n) is 7.61. The third kappa shape index (κ3) is 4.73. The summed E-state index contributed by atoms with van der Waals surface area (Å²) < 4.78 is 0. The lowest BCUT2D eigenvalue weighted by atomic mass is 10.0. The van der Waals surface area contributed by atoms with Gasteiger partial charge < -0.3 is 5.32 Å². The summed E-state index contributed by atoms with van der Waals surface area (Å²) >= 11 is 12.2. The minimum absolute atomic E-state index is 0.131. The molecule has 1 aromatic heterocycles. The van der Waals surface area contributed by atoms with Crippen molar-refractivity contribution in [1.82, 2.24) is 10.3 Å². The third-order valence-corrected chi connectivity index (χ3v) is 6.05. The molecule has 1 N–H and O–H groups in total. The van der Waals surface area contributed by atoms with Crippen LogP contribution in [-0.4, -0.2) is 17.4 Å². The summed E-state index contributed by atoms with van der Waals surface area (Å²) in [5, 5.41) is 5.05. The van der Waals surface area contributed by atoms with E-state index in [-0.39, 0.29) is 5.91 Å². The minimum atomic E-state index is -0.131. The summed E-state index contributed by atoms with van der Waals surface area (Å²) in [6.07, 6.45) is 0.620. The van der Waals surface area contributed by atoms with Crippen LogP contribution >= 0.6 is 23.2 Å². The first-order valence-corrected chi connectivity index (χ1v) is 10.9. The van der Waals surface area contributed by atoms with Gasteiger partial charge in [-0.25, -0.2) is 4.98 Å². The molecule has 0 radical (unpaired) electrons. The highest BCUT2D eigenvalue weighted by atomic mass is 35.5. The number of nitrogens with one attached hydrogen (secondary N) is 1. The van der Waals surface area contributed by atoms with Gasteiger partial charge in [-0.3, -0.25) is 4.79 Å². The molecule has 0 atom stereocenters. The smallest absolute Gasteiger partial charge is 0.252 e. The number of carbonyl (C=O) groups is 1. The molecular weight excluding hydrogens is 427 g/mol. The van der Waals surface area contributed by atoms with Crippen molar-refractivity contribution in [2.24, 2.45) is 0 Å².